The van der Waals surface area contributed by atoms with Crippen LogP contribution in [0.5, 0.6) is 17.2 Å². The van der Waals surface area contributed by atoms with Crippen molar-refractivity contribution in [2.75, 3.05) is 45.5 Å². The number of phosphoric ester groups is 1. The normalized spacial score (nSPS) is 25.0. The number of ether oxygens (including phenoxy) is 8. The smallest absolute Gasteiger partial charge is 0.497 e. The van der Waals surface area contributed by atoms with Crippen LogP contribution in [0.2, 0.25) is 10.0 Å². The van der Waals surface area contributed by atoms with Crippen LogP contribution in [0.25, 0.3) is 0 Å². The number of aliphatic hydroxyl groups excluding tert-OH is 1. The van der Waals surface area contributed by atoms with Gasteiger partial charge in [0.2, 0.25) is 5.75 Å². The van der Waals surface area contributed by atoms with Gasteiger partial charge in [-0.1, -0.05) is 47.5 Å². The molecule has 9 rings (SSSR count). The number of aliphatic hydroxyl groups is 2. The average Bonchev–Trinajstić information content (AvgIpc) is 1.91. The largest absolute Gasteiger partial charge is 0.598 e. The van der Waals surface area contributed by atoms with Crippen LogP contribution >= 0.6 is 39.1 Å². The van der Waals surface area contributed by atoms with Gasteiger partial charge in [0.1, 0.15) is 48.0 Å². The molecule has 32 heteroatoms. The van der Waals surface area contributed by atoms with Gasteiger partial charge >= 0.3 is 38.5 Å². The Morgan fingerprint density at radius 3 is 2.15 bits per heavy atom. The Bertz CT molecular complexity index is 3470. The number of esters is 1. The summed E-state index contributed by atoms with van der Waals surface area (Å²) < 4.78 is 98.2. The molecule has 4 saturated heterocycles. The number of hydrogen-bond donors (Lipinski definition) is 4. The first-order chi connectivity index (χ1) is 41.3. The molecule has 0 radical (unpaired) electrons. The number of carbonyl (C=O) groups excluding carboxylic acids is 3. The number of carbonyl (C=O) groups is 3. The molecule has 0 aliphatic carbocycles. The number of aromatic amines is 1. The topological polar surface area (TPSA) is 362 Å². The lowest BCUT2D eigenvalue weighted by molar-refractivity contribution is -0.188. The number of methoxy groups -OCH3 is 1. The molecule has 0 spiro atoms. The molecule has 12 atom stereocenters. The zero-order valence-corrected chi connectivity index (χ0v) is 49.2. The number of nitriles is 1. The number of H-pyrrole nitrogens is 1. The molecule has 5 aromatic rings. The first-order valence-corrected chi connectivity index (χ1v) is 30.1. The van der Waals surface area contributed by atoms with Crippen LogP contribution < -0.4 is 36.0 Å². The summed E-state index contributed by atoms with van der Waals surface area (Å²) in [5.74, 6) is -0.939. The van der Waals surface area contributed by atoms with Gasteiger partial charge in [-0.3, -0.25) is 42.1 Å². The van der Waals surface area contributed by atoms with Gasteiger partial charge in [-0.05, 0) is 78.9 Å². The van der Waals surface area contributed by atoms with E-state index in [2.05, 4.69) is 15.3 Å². The highest BCUT2D eigenvalue weighted by atomic mass is 35.5. The van der Waals surface area contributed by atoms with Crippen LogP contribution in [0.3, 0.4) is 0 Å². The fourth-order valence-electron chi connectivity index (χ4n) is 9.01. The first-order valence-electron chi connectivity index (χ1n) is 26.7. The van der Waals surface area contributed by atoms with Gasteiger partial charge in [0.25, 0.3) is 11.5 Å². The number of nitrogens with zero attached hydrogens (tertiary/aromatic N) is 4. The molecule has 4 aliphatic rings. The molecule has 0 bridgehead atoms. The van der Waals surface area contributed by atoms with E-state index in [1.54, 1.807) is 48.5 Å². The van der Waals surface area contributed by atoms with Crippen molar-refractivity contribution < 1.29 is 89.7 Å². The number of anilines is 1. The van der Waals surface area contributed by atoms with Crippen molar-refractivity contribution in [2.45, 2.75) is 113 Å². The number of Topliss-reactive ketones (excluding diaryl/α,β-unsaturated/α-hetero) is 1. The number of para-hydroxylation sites is 2. The number of rotatable bonds is 25. The van der Waals surface area contributed by atoms with Crippen molar-refractivity contribution in [2.24, 2.45) is 0 Å². The molecule has 28 nitrogen and oxygen atoms in total. The van der Waals surface area contributed by atoms with Crippen LogP contribution in [0.15, 0.2) is 112 Å². The van der Waals surface area contributed by atoms with Crippen molar-refractivity contribution in [3.05, 3.63) is 144 Å². The lowest BCUT2D eigenvalue weighted by Gasteiger charge is -2.29. The molecule has 4 N–H and O–H groups in total. The van der Waals surface area contributed by atoms with Crippen molar-refractivity contribution in [1.29, 1.82) is 5.26 Å². The van der Waals surface area contributed by atoms with E-state index in [0.717, 1.165) is 15.2 Å². The van der Waals surface area contributed by atoms with Gasteiger partial charge in [-0.15, -0.1) is 0 Å². The fraction of sp³-hybridized carbons (Fsp3) is 0.444. The van der Waals surface area contributed by atoms with E-state index < -0.39 is 119 Å². The second-order valence-corrected chi connectivity index (χ2v) is 23.0. The molecule has 3 aromatic carbocycles. The molecule has 0 saturated carbocycles. The van der Waals surface area contributed by atoms with Crippen LogP contribution in [0.4, 0.5) is 5.82 Å². The number of amides is 1. The van der Waals surface area contributed by atoms with Gasteiger partial charge in [-0.25, -0.2) is 14.2 Å². The molecule has 1 amide bonds. The molecule has 6 heterocycles. The van der Waals surface area contributed by atoms with Crippen molar-refractivity contribution in [3.63, 3.8) is 0 Å². The highest BCUT2D eigenvalue weighted by Gasteiger charge is 2.73. The van der Waals surface area contributed by atoms with Crippen molar-refractivity contribution >= 4 is 62.5 Å². The number of benzene rings is 3. The van der Waals surface area contributed by atoms with Gasteiger partial charge in [-0.2, -0.15) is 10.2 Å². The Hall–Kier alpha value is -6.77. The lowest BCUT2D eigenvalue weighted by Crippen LogP contribution is -2.49. The van der Waals surface area contributed by atoms with E-state index >= 15 is 0 Å². The first kappa shape index (κ1) is 65.2. The monoisotopic (exact) mass is 1280 g/mol. The summed E-state index contributed by atoms with van der Waals surface area (Å²) in [5.41, 5.74) is -2.07. The number of nitrogens with one attached hydrogen (secondary N) is 2. The molecule has 86 heavy (non-hydrogen) atoms. The van der Waals surface area contributed by atoms with E-state index in [0.29, 0.717) is 50.2 Å². The Morgan fingerprint density at radius 2 is 1.55 bits per heavy atom. The Morgan fingerprint density at radius 1 is 0.884 bits per heavy atom. The van der Waals surface area contributed by atoms with E-state index in [9.17, 15) is 48.1 Å². The van der Waals surface area contributed by atoms with Crippen LogP contribution in [-0.2, 0) is 60.9 Å². The third-order valence-corrected chi connectivity index (χ3v) is 16.8. The summed E-state index contributed by atoms with van der Waals surface area (Å²) >= 11 is 12.4. The van der Waals surface area contributed by atoms with Crippen molar-refractivity contribution in [1.82, 2.24) is 19.1 Å². The predicted octanol–water partition coefficient (Wildman–Crippen LogP) is 6.10. The van der Waals surface area contributed by atoms with Gasteiger partial charge < -0.3 is 62.7 Å². The van der Waals surface area contributed by atoms with E-state index in [-0.39, 0.29) is 59.0 Å². The summed E-state index contributed by atoms with van der Waals surface area (Å²) in [4.78, 5) is 80.2. The standard InChI is InChI=1S/C27H31ClN3O12P.C27H27ClN3O10P/c1-17(32)9-10-22(34)38-16-20-24(43-44(36,39-15-5-12-29)42-19-7-3-2-6-18(19)28)25(41-23-8-4-14-37-23)26(40-20)31-13-11-21(33)30-27(31)35;1-37-17-10-8-16(9-11-17)24(33)29-21-12-13-31(26(34)30-21)25-23(40-22-7-4-14-38-22)27(35,20(15-32)39-25)42(36)41-19-6-3-2-5-18(19)28/h2-3,6-7,11,13,20,23-26H,4-5,8-10,14-16H2,1H3,(H,30,33,35);2-3,5-6,8-13,20,22-23,25,32,35H,4,7,14-15H2,1H3/p+1/t20-,23?,24-,25-,26-,44?;20-,22?,23+,25-,27+/m11/s1. The average molecular weight is 1280 g/mol. The SMILES string of the molecule is CC(=O)CCC(=O)OC[C@H]1O[C@@H](n2ccc(=O)[nH]c2=O)[C@H](OC2CCCO2)[C@@H]1OP(=O)(OCCC#N)Oc1ccccc1Cl.COc1ccc(C(=O)Nc2ccn([C@@H]3O[C@H](CO)[C@](O)([P+](=O)Oc4ccccc4Cl)[C@H]3OC3CCCO3)c(=O)n2)cc1. The minimum Gasteiger partial charge on any atom is -0.497 e. The summed E-state index contributed by atoms with van der Waals surface area (Å²) in [5, 5.41) is 31.3. The predicted molar refractivity (Wildman–Crippen MR) is 300 cm³/mol. The summed E-state index contributed by atoms with van der Waals surface area (Å²) in [6, 6.07) is 23.0. The van der Waals surface area contributed by atoms with E-state index in [1.165, 1.54) is 56.8 Å². The second-order valence-electron chi connectivity index (χ2n) is 19.2. The number of halogens is 2. The summed E-state index contributed by atoms with van der Waals surface area (Å²) in [6.45, 7) is 0.512. The van der Waals surface area contributed by atoms with E-state index in [4.69, 9.17) is 84.5 Å². The minimum atomic E-state index is -4.64. The third kappa shape index (κ3) is 16.4. The Kier molecular flexibility index (Phi) is 22.9. The maximum absolute atomic E-state index is 14.1. The molecule has 460 valence electrons. The Balaban J connectivity index is 0.000000224. The highest BCUT2D eigenvalue weighted by molar-refractivity contribution is 7.49. The maximum atomic E-state index is 14.1. The zero-order chi connectivity index (χ0) is 61.5. The van der Waals surface area contributed by atoms with E-state index in [1.807, 2.05) is 6.07 Å². The molecule has 4 fully saturated rings. The number of phosphoric acid groups is 1. The van der Waals surface area contributed by atoms with Crippen LogP contribution in [-0.4, -0.2) is 136 Å². The van der Waals surface area contributed by atoms with Gasteiger partial charge in [0.05, 0.1) is 49.3 Å². The second kappa shape index (κ2) is 30.2. The Labute approximate surface area is 500 Å². The molecular formula is C54H59Cl2N6O22P2+. The third-order valence-electron chi connectivity index (χ3n) is 13.3. The highest BCUT2D eigenvalue weighted by Crippen LogP contribution is 2.56. The van der Waals surface area contributed by atoms with Crippen LogP contribution in [0, 0.1) is 11.3 Å². The fourth-order valence-corrected chi connectivity index (χ4v) is 12.1. The molecule has 4 aliphatic heterocycles. The van der Waals surface area contributed by atoms with Crippen LogP contribution in [0.1, 0.15) is 74.7 Å². The molecular weight excluding hydrogens is 1220 g/mol. The number of aromatic nitrogens is 4. The van der Waals surface area contributed by atoms with Gasteiger partial charge in [0, 0.05) is 56.5 Å². The van der Waals surface area contributed by atoms with Gasteiger partial charge in [0.15, 0.2) is 37.2 Å². The number of ketones is 1. The maximum Gasteiger partial charge on any atom is 0.598 e. The van der Waals surface area contributed by atoms with Crippen molar-refractivity contribution in [3.8, 4) is 23.3 Å². The minimum absolute atomic E-state index is 0.0282. The zero-order valence-electron chi connectivity index (χ0n) is 45.9. The summed E-state index contributed by atoms with van der Waals surface area (Å²) in [7, 11) is -6.22. The molecule has 4 unspecified atom stereocenters. The molecule has 2 aromatic heterocycles. The lowest BCUT2D eigenvalue weighted by atomic mass is 10.1. The quantitative estimate of drug-likeness (QED) is 0.0291. The summed E-state index contributed by atoms with van der Waals surface area (Å²) in [6.07, 6.45) is -6.84. The number of hydrogen-bond acceptors (Lipinski definition) is 24.